The summed E-state index contributed by atoms with van der Waals surface area (Å²) in [6.45, 7) is 3.56. The van der Waals surface area contributed by atoms with Crippen molar-refractivity contribution in [3.8, 4) is 17.2 Å². The third-order valence-corrected chi connectivity index (χ3v) is 5.39. The minimum atomic E-state index is -0.155. The summed E-state index contributed by atoms with van der Waals surface area (Å²) in [4.78, 5) is 24.9. The second kappa shape index (κ2) is 9.13. The van der Waals surface area contributed by atoms with E-state index in [4.69, 9.17) is 14.2 Å². The highest BCUT2D eigenvalue weighted by molar-refractivity contribution is 5.90. The number of benzene rings is 2. The number of amides is 2. The van der Waals surface area contributed by atoms with Gasteiger partial charge in [0.1, 0.15) is 5.82 Å². The van der Waals surface area contributed by atoms with Gasteiger partial charge < -0.3 is 29.4 Å². The van der Waals surface area contributed by atoms with E-state index in [-0.39, 0.29) is 6.03 Å². The molecule has 1 aliphatic heterocycles. The second-order valence-corrected chi connectivity index (χ2v) is 7.31. The number of nitrogens with one attached hydrogen (secondary N) is 2. The van der Waals surface area contributed by atoms with E-state index in [1.807, 2.05) is 24.3 Å². The summed E-state index contributed by atoms with van der Waals surface area (Å²) in [5, 5.41) is 2.93. The molecule has 2 aromatic carbocycles. The molecule has 0 saturated carbocycles. The summed E-state index contributed by atoms with van der Waals surface area (Å²) < 4.78 is 16.0. The van der Waals surface area contributed by atoms with Crippen LogP contribution in [0.4, 0.5) is 10.5 Å². The molecule has 1 saturated heterocycles. The minimum Gasteiger partial charge on any atom is -0.493 e. The van der Waals surface area contributed by atoms with Crippen molar-refractivity contribution in [3.63, 3.8) is 0 Å². The number of carbonyl (C=O) groups excluding carboxylic acids is 1. The number of para-hydroxylation sites is 2. The predicted octanol–water partition coefficient (Wildman–Crippen LogP) is 2.94. The normalized spacial score (nSPS) is 14.5. The first-order valence-electron chi connectivity index (χ1n) is 10.1. The summed E-state index contributed by atoms with van der Waals surface area (Å²) in [6.07, 6.45) is 0. The molecule has 2 N–H and O–H groups in total. The van der Waals surface area contributed by atoms with Gasteiger partial charge in [-0.1, -0.05) is 12.1 Å². The van der Waals surface area contributed by atoms with Gasteiger partial charge in [0.25, 0.3) is 0 Å². The Hall–Kier alpha value is -3.46. The van der Waals surface area contributed by atoms with E-state index >= 15 is 0 Å². The molecule has 2 heterocycles. The van der Waals surface area contributed by atoms with Crippen LogP contribution in [0.3, 0.4) is 0 Å². The third-order valence-electron chi connectivity index (χ3n) is 5.39. The Morgan fingerprint density at radius 2 is 1.71 bits per heavy atom. The van der Waals surface area contributed by atoms with Crippen LogP contribution in [0, 0.1) is 0 Å². The molecule has 0 radical (unpaired) electrons. The van der Waals surface area contributed by atoms with Crippen LogP contribution in [-0.4, -0.2) is 73.3 Å². The van der Waals surface area contributed by atoms with Crippen molar-refractivity contribution in [2.45, 2.75) is 6.54 Å². The average molecular weight is 425 g/mol. The zero-order chi connectivity index (χ0) is 21.8. The number of piperazine rings is 1. The maximum atomic E-state index is 12.8. The van der Waals surface area contributed by atoms with Gasteiger partial charge in [-0.05, 0) is 12.1 Å². The number of carbonyl (C=O) groups is 1. The van der Waals surface area contributed by atoms with Gasteiger partial charge in [-0.3, -0.25) is 4.90 Å². The molecule has 0 atom stereocenters. The van der Waals surface area contributed by atoms with E-state index in [1.54, 1.807) is 38.4 Å². The maximum absolute atomic E-state index is 12.8. The third kappa shape index (κ3) is 4.51. The Bertz CT molecular complexity index is 1000. The van der Waals surface area contributed by atoms with Crippen molar-refractivity contribution in [1.29, 1.82) is 0 Å². The first-order valence-corrected chi connectivity index (χ1v) is 10.1. The van der Waals surface area contributed by atoms with Gasteiger partial charge in [-0.2, -0.15) is 0 Å². The highest BCUT2D eigenvalue weighted by Gasteiger charge is 2.23. The topological polar surface area (TPSA) is 92.0 Å². The van der Waals surface area contributed by atoms with Crippen molar-refractivity contribution in [3.05, 3.63) is 42.2 Å². The number of aromatic amines is 1. The molecule has 0 unspecified atom stereocenters. The van der Waals surface area contributed by atoms with Crippen LogP contribution < -0.4 is 19.5 Å². The number of methoxy groups -OCH3 is 3. The zero-order valence-corrected chi connectivity index (χ0v) is 18.0. The van der Waals surface area contributed by atoms with Gasteiger partial charge in [0.15, 0.2) is 11.5 Å². The number of aromatic nitrogens is 2. The summed E-state index contributed by atoms with van der Waals surface area (Å²) >= 11 is 0. The molecule has 1 aliphatic rings. The number of rotatable bonds is 6. The van der Waals surface area contributed by atoms with E-state index in [2.05, 4.69) is 20.2 Å². The molecule has 31 heavy (non-hydrogen) atoms. The van der Waals surface area contributed by atoms with Gasteiger partial charge in [0, 0.05) is 38.3 Å². The molecule has 9 heteroatoms. The van der Waals surface area contributed by atoms with Crippen LogP contribution >= 0.6 is 0 Å². The summed E-state index contributed by atoms with van der Waals surface area (Å²) in [5.74, 6) is 2.42. The molecule has 1 aromatic heterocycles. The molecule has 0 aliphatic carbocycles. The molecule has 1 fully saturated rings. The second-order valence-electron chi connectivity index (χ2n) is 7.31. The molecule has 0 spiro atoms. The molecule has 2 amide bonds. The number of anilines is 1. The number of hydrogen-bond acceptors (Lipinski definition) is 6. The SMILES string of the molecule is COc1cc(NC(=O)N2CCN(Cc3nc4ccccc4[nH]3)CC2)cc(OC)c1OC. The lowest BCUT2D eigenvalue weighted by Gasteiger charge is -2.34. The smallest absolute Gasteiger partial charge is 0.321 e. The van der Waals surface area contributed by atoms with Crippen LogP contribution in [0.15, 0.2) is 36.4 Å². The van der Waals surface area contributed by atoms with E-state index in [0.29, 0.717) is 36.0 Å². The molecule has 0 bridgehead atoms. The average Bonchev–Trinajstić information content (AvgIpc) is 3.21. The first kappa shape index (κ1) is 20.8. The summed E-state index contributed by atoms with van der Waals surface area (Å²) in [7, 11) is 4.64. The van der Waals surface area contributed by atoms with Crippen molar-refractivity contribution in [2.24, 2.45) is 0 Å². The maximum Gasteiger partial charge on any atom is 0.321 e. The van der Waals surface area contributed by atoms with Crippen molar-refractivity contribution in [1.82, 2.24) is 19.8 Å². The molecular formula is C22H27N5O4. The highest BCUT2D eigenvalue weighted by Crippen LogP contribution is 2.40. The fourth-order valence-corrected chi connectivity index (χ4v) is 3.76. The highest BCUT2D eigenvalue weighted by atomic mass is 16.5. The number of hydrogen-bond donors (Lipinski definition) is 2. The molecule has 9 nitrogen and oxygen atoms in total. The zero-order valence-electron chi connectivity index (χ0n) is 18.0. The lowest BCUT2D eigenvalue weighted by molar-refractivity contribution is 0.141. The van der Waals surface area contributed by atoms with Crippen molar-refractivity contribution in [2.75, 3.05) is 52.8 Å². The Labute approximate surface area is 180 Å². The molecule has 164 valence electrons. The summed E-state index contributed by atoms with van der Waals surface area (Å²) in [6, 6.07) is 11.3. The predicted molar refractivity (Wildman–Crippen MR) is 118 cm³/mol. The monoisotopic (exact) mass is 425 g/mol. The Kier molecular flexibility index (Phi) is 6.13. The van der Waals surface area contributed by atoms with E-state index in [0.717, 1.165) is 36.5 Å². The van der Waals surface area contributed by atoms with Gasteiger partial charge in [-0.15, -0.1) is 0 Å². The number of urea groups is 1. The molecule has 4 rings (SSSR count). The van der Waals surface area contributed by atoms with Crippen molar-refractivity contribution >= 4 is 22.8 Å². The fourth-order valence-electron chi connectivity index (χ4n) is 3.76. The van der Waals surface area contributed by atoms with Crippen LogP contribution in [0.25, 0.3) is 11.0 Å². The fraction of sp³-hybridized carbons (Fsp3) is 0.364. The first-order chi connectivity index (χ1) is 15.1. The summed E-state index contributed by atoms with van der Waals surface area (Å²) in [5.41, 5.74) is 2.60. The lowest BCUT2D eigenvalue weighted by atomic mass is 10.2. The van der Waals surface area contributed by atoms with Gasteiger partial charge in [0.05, 0.1) is 44.6 Å². The van der Waals surface area contributed by atoms with Crippen LogP contribution in [0.1, 0.15) is 5.82 Å². The molecular weight excluding hydrogens is 398 g/mol. The van der Waals surface area contributed by atoms with Crippen LogP contribution in [-0.2, 0) is 6.54 Å². The van der Waals surface area contributed by atoms with Gasteiger partial charge in [0.2, 0.25) is 5.75 Å². The van der Waals surface area contributed by atoms with Gasteiger partial charge in [-0.25, -0.2) is 9.78 Å². The van der Waals surface area contributed by atoms with E-state index in [1.165, 1.54) is 0 Å². The van der Waals surface area contributed by atoms with Crippen LogP contribution in [0.2, 0.25) is 0 Å². The number of nitrogens with zero attached hydrogens (tertiary/aromatic N) is 3. The molecule has 3 aromatic rings. The minimum absolute atomic E-state index is 0.155. The quantitative estimate of drug-likeness (QED) is 0.631. The van der Waals surface area contributed by atoms with Gasteiger partial charge >= 0.3 is 6.03 Å². The number of ether oxygens (including phenoxy) is 3. The number of H-pyrrole nitrogens is 1. The van der Waals surface area contributed by atoms with E-state index in [9.17, 15) is 4.79 Å². The number of imidazole rings is 1. The standard InChI is InChI=1S/C22H27N5O4/c1-29-18-12-15(13-19(30-2)21(18)31-3)23-22(28)27-10-8-26(9-11-27)14-20-24-16-6-4-5-7-17(16)25-20/h4-7,12-13H,8-11,14H2,1-3H3,(H,23,28)(H,24,25). The largest absolute Gasteiger partial charge is 0.493 e. The number of fused-ring (bicyclic) bond motifs is 1. The van der Waals surface area contributed by atoms with Crippen molar-refractivity contribution < 1.29 is 19.0 Å². The van der Waals surface area contributed by atoms with E-state index < -0.39 is 0 Å². The Morgan fingerprint density at radius 1 is 1.03 bits per heavy atom. The lowest BCUT2D eigenvalue weighted by Crippen LogP contribution is -2.49. The Balaban J connectivity index is 1.35. The Morgan fingerprint density at radius 3 is 2.32 bits per heavy atom. The van der Waals surface area contributed by atoms with Crippen LogP contribution in [0.5, 0.6) is 17.2 Å².